The molecule has 1 unspecified atom stereocenters. The molecule has 8 heteroatoms. The van der Waals surface area contributed by atoms with E-state index in [4.69, 9.17) is 4.74 Å². The van der Waals surface area contributed by atoms with E-state index in [2.05, 4.69) is 29.1 Å². The lowest BCUT2D eigenvalue weighted by molar-refractivity contribution is -0.0135. The summed E-state index contributed by atoms with van der Waals surface area (Å²) in [6.45, 7) is 5.84. The minimum absolute atomic E-state index is 0.130. The predicted octanol–water partition coefficient (Wildman–Crippen LogP) is 3.33. The van der Waals surface area contributed by atoms with Crippen molar-refractivity contribution in [1.82, 2.24) is 14.9 Å². The second-order valence-electron chi connectivity index (χ2n) is 5.33. The molecule has 1 aliphatic heterocycles. The lowest BCUT2D eigenvalue weighted by Crippen LogP contribution is -2.44. The molecule has 22 heavy (non-hydrogen) atoms. The summed E-state index contributed by atoms with van der Waals surface area (Å²) in [6.07, 6.45) is 3.44. The molecule has 0 spiro atoms. The van der Waals surface area contributed by atoms with E-state index in [1.54, 1.807) is 22.4 Å². The molecule has 118 valence electrons. The summed E-state index contributed by atoms with van der Waals surface area (Å²) in [7, 11) is 0. The van der Waals surface area contributed by atoms with Crippen molar-refractivity contribution in [2.24, 2.45) is 0 Å². The fraction of sp³-hybridized carbons (Fsp3) is 0.500. The molecule has 0 radical (unpaired) electrons. The van der Waals surface area contributed by atoms with Crippen molar-refractivity contribution in [3.8, 4) is 0 Å². The fourth-order valence-electron chi connectivity index (χ4n) is 2.16. The van der Waals surface area contributed by atoms with Gasteiger partial charge in [0.15, 0.2) is 5.13 Å². The Morgan fingerprint density at radius 3 is 3.05 bits per heavy atom. The lowest BCUT2D eigenvalue weighted by atomic mass is 10.2. The van der Waals surface area contributed by atoms with Gasteiger partial charge in [0, 0.05) is 29.2 Å². The first-order valence-corrected chi connectivity index (χ1v) is 8.85. The monoisotopic (exact) mass is 338 g/mol. The molecule has 0 saturated carbocycles. The molecule has 1 saturated heterocycles. The van der Waals surface area contributed by atoms with Crippen LogP contribution < -0.4 is 5.32 Å². The number of nitrogens with zero attached hydrogens (tertiary/aromatic N) is 3. The van der Waals surface area contributed by atoms with Crippen molar-refractivity contribution in [3.63, 3.8) is 0 Å². The number of ether oxygens (including phenoxy) is 1. The van der Waals surface area contributed by atoms with Gasteiger partial charge in [-0.2, -0.15) is 0 Å². The van der Waals surface area contributed by atoms with Crippen molar-refractivity contribution in [1.29, 1.82) is 0 Å². The largest absolute Gasteiger partial charge is 0.367 e. The molecule has 0 bridgehead atoms. The van der Waals surface area contributed by atoms with Gasteiger partial charge in [0.25, 0.3) is 0 Å². The van der Waals surface area contributed by atoms with Gasteiger partial charge in [-0.05, 0) is 5.92 Å². The average Bonchev–Trinajstić information content (AvgIpc) is 3.19. The first kappa shape index (κ1) is 15.4. The number of carbonyl (C=O) groups excluding carboxylic acids is 1. The van der Waals surface area contributed by atoms with Gasteiger partial charge >= 0.3 is 6.03 Å². The van der Waals surface area contributed by atoms with Crippen LogP contribution in [0.3, 0.4) is 0 Å². The standard InChI is InChI=1S/C14H18N4O2S2/c1-9(2)11-7-16-13(22-11)17-14(19)18-4-5-20-10(8-18)12-15-3-6-21-12/h3,6-7,9-10H,4-5,8H2,1-2H3,(H,16,17,19). The van der Waals surface area contributed by atoms with Crippen LogP contribution in [0, 0.1) is 0 Å². The van der Waals surface area contributed by atoms with Crippen LogP contribution in [0.4, 0.5) is 9.93 Å². The normalized spacial score (nSPS) is 18.7. The Labute approximate surface area is 137 Å². The van der Waals surface area contributed by atoms with Gasteiger partial charge in [-0.3, -0.25) is 5.32 Å². The number of anilines is 1. The van der Waals surface area contributed by atoms with Gasteiger partial charge in [0.2, 0.25) is 0 Å². The molecule has 2 amide bonds. The van der Waals surface area contributed by atoms with Gasteiger partial charge in [-0.15, -0.1) is 22.7 Å². The molecule has 1 atom stereocenters. The number of nitrogens with one attached hydrogen (secondary N) is 1. The Bertz CT molecular complexity index is 627. The summed E-state index contributed by atoms with van der Waals surface area (Å²) in [5, 5.41) is 6.35. The van der Waals surface area contributed by atoms with Crippen molar-refractivity contribution in [2.75, 3.05) is 25.0 Å². The number of hydrogen-bond donors (Lipinski definition) is 1. The predicted molar refractivity (Wildman–Crippen MR) is 87.6 cm³/mol. The highest BCUT2D eigenvalue weighted by molar-refractivity contribution is 7.15. The van der Waals surface area contributed by atoms with Gasteiger partial charge in [-0.25, -0.2) is 14.8 Å². The van der Waals surface area contributed by atoms with E-state index in [1.807, 2.05) is 11.6 Å². The van der Waals surface area contributed by atoms with E-state index in [1.165, 1.54) is 11.3 Å². The Kier molecular flexibility index (Phi) is 4.70. The third-order valence-corrected chi connectivity index (χ3v) is 5.47. The zero-order chi connectivity index (χ0) is 15.5. The van der Waals surface area contributed by atoms with Crippen LogP contribution in [0.25, 0.3) is 0 Å². The maximum Gasteiger partial charge on any atom is 0.323 e. The summed E-state index contributed by atoms with van der Waals surface area (Å²) < 4.78 is 5.70. The van der Waals surface area contributed by atoms with Crippen LogP contribution in [0.5, 0.6) is 0 Å². The van der Waals surface area contributed by atoms with E-state index >= 15 is 0 Å². The van der Waals surface area contributed by atoms with Crippen LogP contribution in [-0.2, 0) is 4.74 Å². The van der Waals surface area contributed by atoms with Crippen molar-refractivity contribution in [2.45, 2.75) is 25.9 Å². The van der Waals surface area contributed by atoms with Crippen LogP contribution in [0.2, 0.25) is 0 Å². The summed E-state index contributed by atoms with van der Waals surface area (Å²) in [5.41, 5.74) is 0. The summed E-state index contributed by atoms with van der Waals surface area (Å²) in [4.78, 5) is 23.8. The Hall–Kier alpha value is -1.51. The highest BCUT2D eigenvalue weighted by atomic mass is 32.1. The van der Waals surface area contributed by atoms with E-state index in [0.29, 0.717) is 30.7 Å². The minimum Gasteiger partial charge on any atom is -0.367 e. The molecule has 1 fully saturated rings. The fourth-order valence-corrected chi connectivity index (χ4v) is 3.64. The van der Waals surface area contributed by atoms with Crippen LogP contribution in [-0.4, -0.2) is 40.6 Å². The second kappa shape index (κ2) is 6.72. The number of urea groups is 1. The number of thiazole rings is 2. The Morgan fingerprint density at radius 1 is 1.50 bits per heavy atom. The van der Waals surface area contributed by atoms with Crippen molar-refractivity contribution in [3.05, 3.63) is 27.7 Å². The number of hydrogen-bond acceptors (Lipinski definition) is 6. The zero-order valence-corrected chi connectivity index (χ0v) is 14.1. The average molecular weight is 338 g/mol. The molecular formula is C14H18N4O2S2. The number of aromatic nitrogens is 2. The van der Waals surface area contributed by atoms with Gasteiger partial charge in [-0.1, -0.05) is 13.8 Å². The van der Waals surface area contributed by atoms with E-state index in [0.717, 1.165) is 9.88 Å². The molecule has 0 aromatic carbocycles. The molecule has 0 aliphatic carbocycles. The van der Waals surface area contributed by atoms with Crippen LogP contribution >= 0.6 is 22.7 Å². The highest BCUT2D eigenvalue weighted by Crippen LogP contribution is 2.27. The molecule has 6 nitrogen and oxygen atoms in total. The quantitative estimate of drug-likeness (QED) is 0.932. The third-order valence-electron chi connectivity index (χ3n) is 3.39. The van der Waals surface area contributed by atoms with E-state index in [-0.39, 0.29) is 12.1 Å². The first-order chi connectivity index (χ1) is 10.6. The molecule has 1 aliphatic rings. The Balaban J connectivity index is 1.61. The second-order valence-corrected chi connectivity index (χ2v) is 7.32. The smallest absolute Gasteiger partial charge is 0.323 e. The molecule has 1 N–H and O–H groups in total. The number of morpholine rings is 1. The van der Waals surface area contributed by atoms with Gasteiger partial charge < -0.3 is 9.64 Å². The molecule has 3 rings (SSSR count). The molecule has 3 heterocycles. The zero-order valence-electron chi connectivity index (χ0n) is 12.5. The number of amides is 2. The number of rotatable bonds is 3. The summed E-state index contributed by atoms with van der Waals surface area (Å²) >= 11 is 3.07. The topological polar surface area (TPSA) is 67.4 Å². The highest BCUT2D eigenvalue weighted by Gasteiger charge is 2.27. The molecule has 2 aromatic rings. The Morgan fingerprint density at radius 2 is 2.36 bits per heavy atom. The summed E-state index contributed by atoms with van der Waals surface area (Å²) in [6, 6.07) is -0.130. The van der Waals surface area contributed by atoms with Gasteiger partial charge in [0.1, 0.15) is 11.1 Å². The maximum absolute atomic E-state index is 12.4. The van der Waals surface area contributed by atoms with E-state index < -0.39 is 0 Å². The van der Waals surface area contributed by atoms with Crippen LogP contribution in [0.15, 0.2) is 17.8 Å². The third kappa shape index (κ3) is 3.45. The molecular weight excluding hydrogens is 320 g/mol. The number of carbonyl (C=O) groups is 1. The van der Waals surface area contributed by atoms with E-state index in [9.17, 15) is 4.79 Å². The van der Waals surface area contributed by atoms with Crippen molar-refractivity contribution < 1.29 is 9.53 Å². The maximum atomic E-state index is 12.4. The molecule has 2 aromatic heterocycles. The van der Waals surface area contributed by atoms with Crippen molar-refractivity contribution >= 4 is 33.8 Å². The SMILES string of the molecule is CC(C)c1cnc(NC(=O)N2CCOC(c3nccs3)C2)s1. The first-order valence-electron chi connectivity index (χ1n) is 7.16. The van der Waals surface area contributed by atoms with Gasteiger partial charge in [0.05, 0.1) is 13.2 Å². The minimum atomic E-state index is -0.137. The summed E-state index contributed by atoms with van der Waals surface area (Å²) in [5.74, 6) is 0.417. The van der Waals surface area contributed by atoms with Crippen LogP contribution in [0.1, 0.15) is 35.8 Å². The lowest BCUT2D eigenvalue weighted by Gasteiger charge is -2.31.